The number of carbonyl (C=O) groups excluding carboxylic acids is 1. The van der Waals surface area contributed by atoms with Crippen molar-refractivity contribution in [2.75, 3.05) is 11.9 Å². The van der Waals surface area contributed by atoms with E-state index in [1.165, 1.54) is 12.1 Å². The Balaban J connectivity index is 2.42. The number of rotatable bonds is 2. The van der Waals surface area contributed by atoms with E-state index in [4.69, 9.17) is 4.74 Å². The number of hydrogen-bond donors (Lipinski definition) is 1. The van der Waals surface area contributed by atoms with Crippen molar-refractivity contribution in [1.29, 1.82) is 0 Å². The van der Waals surface area contributed by atoms with Gasteiger partial charge in [0, 0.05) is 11.8 Å². The topological polar surface area (TPSA) is 50.7 Å². The summed E-state index contributed by atoms with van der Waals surface area (Å²) >= 11 is 0. The number of hydrogen-bond acceptors (Lipinski definition) is 3. The van der Waals surface area contributed by atoms with E-state index in [0.717, 1.165) is 12.1 Å². The van der Waals surface area contributed by atoms with Gasteiger partial charge in [0.05, 0.1) is 5.69 Å². The summed E-state index contributed by atoms with van der Waals surface area (Å²) in [5.41, 5.74) is 1.51. The van der Waals surface area contributed by atoms with Crippen LogP contribution in [-0.2, 0) is 4.79 Å². The van der Waals surface area contributed by atoms with Gasteiger partial charge in [0.25, 0.3) is 5.91 Å². The maximum Gasteiger partial charge on any atom is 0.262 e. The second-order valence-corrected chi connectivity index (χ2v) is 3.84. The van der Waals surface area contributed by atoms with Crippen molar-refractivity contribution in [2.45, 2.75) is 20.3 Å². The first-order chi connectivity index (χ1) is 8.10. The van der Waals surface area contributed by atoms with Gasteiger partial charge in [0.15, 0.2) is 12.4 Å². The van der Waals surface area contributed by atoms with Crippen LogP contribution in [0.15, 0.2) is 17.1 Å². The molecule has 1 heterocycles. The van der Waals surface area contributed by atoms with Gasteiger partial charge in [-0.15, -0.1) is 0 Å². The lowest BCUT2D eigenvalue weighted by atomic mass is 10.2. The Hall–Kier alpha value is -1.91. The minimum absolute atomic E-state index is 0.0803. The molecule has 4 nitrogen and oxygen atoms in total. The predicted molar refractivity (Wildman–Crippen MR) is 63.6 cm³/mol. The summed E-state index contributed by atoms with van der Waals surface area (Å²) in [6, 6.07) is 2.73. The van der Waals surface area contributed by atoms with Crippen LogP contribution >= 0.6 is 0 Å². The second-order valence-electron chi connectivity index (χ2n) is 3.84. The molecule has 0 atom stereocenters. The Kier molecular flexibility index (Phi) is 3.08. The SMILES string of the molecule is CC/C(C)=N\c1cc2c(cc1F)OCC(=O)N2. The molecule has 1 aliphatic heterocycles. The molecule has 1 N–H and O–H groups in total. The average Bonchev–Trinajstić information content (AvgIpc) is 2.30. The maximum absolute atomic E-state index is 13.7. The summed E-state index contributed by atoms with van der Waals surface area (Å²) in [7, 11) is 0. The molecule has 1 aromatic carbocycles. The summed E-state index contributed by atoms with van der Waals surface area (Å²) in [6.45, 7) is 3.69. The van der Waals surface area contributed by atoms with E-state index in [-0.39, 0.29) is 18.2 Å². The molecule has 0 spiro atoms. The van der Waals surface area contributed by atoms with Gasteiger partial charge < -0.3 is 10.1 Å². The van der Waals surface area contributed by atoms with Crippen LogP contribution in [0.25, 0.3) is 0 Å². The van der Waals surface area contributed by atoms with Gasteiger partial charge in [-0.2, -0.15) is 0 Å². The lowest BCUT2D eigenvalue weighted by Crippen LogP contribution is -2.25. The summed E-state index contributed by atoms with van der Waals surface area (Å²) < 4.78 is 18.8. The highest BCUT2D eigenvalue weighted by Crippen LogP contribution is 2.34. The van der Waals surface area contributed by atoms with E-state index in [1.807, 2.05) is 13.8 Å². The lowest BCUT2D eigenvalue weighted by Gasteiger charge is -2.18. The van der Waals surface area contributed by atoms with Crippen LogP contribution in [0, 0.1) is 5.82 Å². The van der Waals surface area contributed by atoms with Crippen LogP contribution in [0.2, 0.25) is 0 Å². The van der Waals surface area contributed by atoms with Gasteiger partial charge in [-0.1, -0.05) is 6.92 Å². The lowest BCUT2D eigenvalue weighted by molar-refractivity contribution is -0.118. The molecule has 0 fully saturated rings. The molecular formula is C12H13FN2O2. The smallest absolute Gasteiger partial charge is 0.262 e. The fraction of sp³-hybridized carbons (Fsp3) is 0.333. The highest BCUT2D eigenvalue weighted by molar-refractivity contribution is 5.96. The zero-order chi connectivity index (χ0) is 12.4. The number of nitrogens with zero attached hydrogens (tertiary/aromatic N) is 1. The first-order valence-electron chi connectivity index (χ1n) is 5.40. The molecule has 90 valence electrons. The molecule has 5 heteroatoms. The molecule has 2 rings (SSSR count). The number of nitrogens with one attached hydrogen (secondary N) is 1. The van der Waals surface area contributed by atoms with Gasteiger partial charge >= 0.3 is 0 Å². The average molecular weight is 236 g/mol. The number of fused-ring (bicyclic) bond motifs is 1. The first-order valence-corrected chi connectivity index (χ1v) is 5.40. The van der Waals surface area contributed by atoms with Gasteiger partial charge in [-0.05, 0) is 19.4 Å². The first kappa shape index (κ1) is 11.6. The van der Waals surface area contributed by atoms with Gasteiger partial charge in [0.1, 0.15) is 11.4 Å². The molecule has 17 heavy (non-hydrogen) atoms. The van der Waals surface area contributed by atoms with Crippen LogP contribution in [0.5, 0.6) is 5.75 Å². The van der Waals surface area contributed by atoms with E-state index in [1.54, 1.807) is 0 Å². The number of benzene rings is 1. The van der Waals surface area contributed by atoms with E-state index in [0.29, 0.717) is 11.4 Å². The standard InChI is InChI=1S/C12H13FN2O2/c1-3-7(2)14-9-5-10-11(4-8(9)13)17-6-12(16)15-10/h4-5H,3,6H2,1-2H3,(H,15,16)/b14-7-. The van der Waals surface area contributed by atoms with Crippen LogP contribution in [-0.4, -0.2) is 18.2 Å². The Morgan fingerprint density at radius 2 is 2.35 bits per heavy atom. The Labute approximate surface area is 98.5 Å². The predicted octanol–water partition coefficient (Wildman–Crippen LogP) is 2.66. The molecular weight excluding hydrogens is 223 g/mol. The Morgan fingerprint density at radius 1 is 1.59 bits per heavy atom. The van der Waals surface area contributed by atoms with Crippen molar-refractivity contribution in [2.24, 2.45) is 4.99 Å². The molecule has 0 aliphatic carbocycles. The minimum Gasteiger partial charge on any atom is -0.481 e. The zero-order valence-corrected chi connectivity index (χ0v) is 9.71. The molecule has 0 saturated carbocycles. The summed E-state index contributed by atoms with van der Waals surface area (Å²) in [5.74, 6) is -0.353. The fourth-order valence-electron chi connectivity index (χ4n) is 1.46. The largest absolute Gasteiger partial charge is 0.481 e. The summed E-state index contributed by atoms with van der Waals surface area (Å²) in [6.07, 6.45) is 0.749. The molecule has 1 aliphatic rings. The van der Waals surface area contributed by atoms with Gasteiger partial charge in [0.2, 0.25) is 0 Å². The molecule has 1 amide bonds. The number of ether oxygens (including phenoxy) is 1. The van der Waals surface area contributed by atoms with E-state index in [2.05, 4.69) is 10.3 Å². The van der Waals surface area contributed by atoms with Crippen molar-refractivity contribution in [3.8, 4) is 5.75 Å². The van der Waals surface area contributed by atoms with Crippen molar-refractivity contribution in [3.63, 3.8) is 0 Å². The highest BCUT2D eigenvalue weighted by Gasteiger charge is 2.18. The molecule has 0 bridgehead atoms. The minimum atomic E-state index is -0.451. The molecule has 0 aromatic heterocycles. The number of carbonyl (C=O) groups is 1. The number of aliphatic imine (C=N–C) groups is 1. The maximum atomic E-state index is 13.7. The number of halogens is 1. The van der Waals surface area contributed by atoms with Crippen molar-refractivity contribution >= 4 is 23.0 Å². The Bertz CT molecular complexity index is 498. The monoisotopic (exact) mass is 236 g/mol. The van der Waals surface area contributed by atoms with Crippen molar-refractivity contribution in [1.82, 2.24) is 0 Å². The molecule has 0 saturated heterocycles. The quantitative estimate of drug-likeness (QED) is 0.802. The fourth-order valence-corrected chi connectivity index (χ4v) is 1.46. The highest BCUT2D eigenvalue weighted by atomic mass is 19.1. The normalized spacial score (nSPS) is 15.0. The van der Waals surface area contributed by atoms with Crippen LogP contribution in [0.4, 0.5) is 15.8 Å². The van der Waals surface area contributed by atoms with Gasteiger partial charge in [-0.25, -0.2) is 4.39 Å². The van der Waals surface area contributed by atoms with Crippen molar-refractivity contribution in [3.05, 3.63) is 17.9 Å². The third kappa shape index (κ3) is 2.43. The van der Waals surface area contributed by atoms with E-state index >= 15 is 0 Å². The third-order valence-electron chi connectivity index (χ3n) is 2.50. The van der Waals surface area contributed by atoms with Crippen LogP contribution in [0.3, 0.4) is 0 Å². The van der Waals surface area contributed by atoms with E-state index < -0.39 is 5.82 Å². The van der Waals surface area contributed by atoms with Crippen LogP contribution in [0.1, 0.15) is 20.3 Å². The van der Waals surface area contributed by atoms with Gasteiger partial charge in [-0.3, -0.25) is 9.79 Å². The summed E-state index contributed by atoms with van der Waals surface area (Å²) in [5, 5.41) is 2.62. The van der Waals surface area contributed by atoms with E-state index in [9.17, 15) is 9.18 Å². The molecule has 0 radical (unpaired) electrons. The second kappa shape index (κ2) is 4.53. The number of amides is 1. The zero-order valence-electron chi connectivity index (χ0n) is 9.71. The number of anilines is 1. The third-order valence-corrected chi connectivity index (χ3v) is 2.50. The molecule has 1 aromatic rings. The van der Waals surface area contributed by atoms with Crippen molar-refractivity contribution < 1.29 is 13.9 Å². The summed E-state index contributed by atoms with van der Waals surface area (Å²) in [4.78, 5) is 15.3. The van der Waals surface area contributed by atoms with Crippen LogP contribution < -0.4 is 10.1 Å². The molecule has 0 unspecified atom stereocenters. The Morgan fingerprint density at radius 3 is 3.06 bits per heavy atom.